The predicted molar refractivity (Wildman–Crippen MR) is 95.6 cm³/mol. The second-order valence-corrected chi connectivity index (χ2v) is 5.95. The molecule has 128 valence electrons. The third-order valence-corrected chi connectivity index (χ3v) is 4.17. The van der Waals surface area contributed by atoms with Gasteiger partial charge in [0.25, 0.3) is 0 Å². The highest BCUT2D eigenvalue weighted by Crippen LogP contribution is 2.39. The molecule has 0 aliphatic rings. The van der Waals surface area contributed by atoms with Crippen molar-refractivity contribution in [3.8, 4) is 0 Å². The van der Waals surface area contributed by atoms with Crippen LogP contribution in [0, 0.1) is 13.8 Å². The fraction of sp³-hybridized carbons (Fsp3) is 0.143. The van der Waals surface area contributed by atoms with Crippen LogP contribution < -0.4 is 4.90 Å². The van der Waals surface area contributed by atoms with Crippen LogP contribution in [0.2, 0.25) is 0 Å². The summed E-state index contributed by atoms with van der Waals surface area (Å²) in [4.78, 5) is 1.99. The van der Waals surface area contributed by atoms with E-state index in [0.717, 1.165) is 34.6 Å². The molecule has 25 heavy (non-hydrogen) atoms. The molecule has 3 aromatic rings. The normalized spacial score (nSPS) is 11.4. The maximum Gasteiger partial charge on any atom is 0.416 e. The van der Waals surface area contributed by atoms with Crippen LogP contribution in [-0.2, 0) is 6.18 Å². The molecule has 0 unspecified atom stereocenters. The molecule has 0 radical (unpaired) electrons. The van der Waals surface area contributed by atoms with Crippen molar-refractivity contribution in [3.63, 3.8) is 0 Å². The average molecular weight is 341 g/mol. The second-order valence-electron chi connectivity index (χ2n) is 5.95. The van der Waals surface area contributed by atoms with E-state index in [9.17, 15) is 13.2 Å². The van der Waals surface area contributed by atoms with Gasteiger partial charge in [0, 0.05) is 17.1 Å². The predicted octanol–water partition coefficient (Wildman–Crippen LogP) is 6.79. The summed E-state index contributed by atoms with van der Waals surface area (Å²) in [5, 5.41) is 0. The Labute approximate surface area is 145 Å². The van der Waals surface area contributed by atoms with E-state index in [2.05, 4.69) is 0 Å². The summed E-state index contributed by atoms with van der Waals surface area (Å²) in [5.41, 5.74) is 4.02. The molecule has 4 heteroatoms. The molecule has 1 nitrogen and oxygen atoms in total. The second kappa shape index (κ2) is 6.63. The van der Waals surface area contributed by atoms with Crippen molar-refractivity contribution in [1.29, 1.82) is 0 Å². The van der Waals surface area contributed by atoms with Crippen LogP contribution in [0.25, 0.3) is 0 Å². The molecule has 0 spiro atoms. The van der Waals surface area contributed by atoms with Crippen LogP contribution in [0.1, 0.15) is 16.7 Å². The zero-order chi connectivity index (χ0) is 18.0. The largest absolute Gasteiger partial charge is 0.416 e. The minimum atomic E-state index is -4.34. The number of para-hydroxylation sites is 2. The van der Waals surface area contributed by atoms with E-state index in [1.807, 2.05) is 67.3 Å². The topological polar surface area (TPSA) is 3.24 Å². The van der Waals surface area contributed by atoms with Crippen molar-refractivity contribution in [2.75, 3.05) is 4.90 Å². The van der Waals surface area contributed by atoms with Gasteiger partial charge in [0.15, 0.2) is 0 Å². The van der Waals surface area contributed by atoms with Crippen molar-refractivity contribution in [2.24, 2.45) is 0 Å². The lowest BCUT2D eigenvalue weighted by molar-refractivity contribution is -0.137. The molecule has 0 atom stereocenters. The molecule has 3 aromatic carbocycles. The van der Waals surface area contributed by atoms with Crippen LogP contribution in [0.5, 0.6) is 0 Å². The molecular formula is C21H18F3N. The van der Waals surface area contributed by atoms with E-state index in [-0.39, 0.29) is 0 Å². The van der Waals surface area contributed by atoms with E-state index in [0.29, 0.717) is 5.69 Å². The van der Waals surface area contributed by atoms with E-state index >= 15 is 0 Å². The Balaban J connectivity index is 2.16. The number of anilines is 3. The van der Waals surface area contributed by atoms with Gasteiger partial charge in [-0.15, -0.1) is 0 Å². The lowest BCUT2D eigenvalue weighted by atomic mass is 10.1. The first kappa shape index (κ1) is 17.1. The molecule has 0 aromatic heterocycles. The third-order valence-electron chi connectivity index (χ3n) is 4.17. The van der Waals surface area contributed by atoms with E-state index in [1.54, 1.807) is 0 Å². The number of alkyl halides is 3. The molecule has 0 fully saturated rings. The van der Waals surface area contributed by atoms with Crippen LogP contribution in [0.15, 0.2) is 72.8 Å². The number of aryl methyl sites for hydroxylation is 2. The maximum absolute atomic E-state index is 12.9. The van der Waals surface area contributed by atoms with Crippen molar-refractivity contribution in [3.05, 3.63) is 89.5 Å². The Hall–Kier alpha value is -2.75. The molecule has 0 N–H and O–H groups in total. The minimum Gasteiger partial charge on any atom is -0.310 e. The average Bonchev–Trinajstić information content (AvgIpc) is 2.58. The molecule has 0 aliphatic carbocycles. The highest BCUT2D eigenvalue weighted by molar-refractivity contribution is 5.79. The van der Waals surface area contributed by atoms with Gasteiger partial charge in [-0.1, -0.05) is 36.4 Å². The summed E-state index contributed by atoms with van der Waals surface area (Å²) in [7, 11) is 0. The molecule has 0 amide bonds. The number of hydrogen-bond acceptors (Lipinski definition) is 1. The summed E-state index contributed by atoms with van der Waals surface area (Å²) < 4.78 is 38.6. The fourth-order valence-electron chi connectivity index (χ4n) is 2.84. The highest BCUT2D eigenvalue weighted by Gasteiger charge is 2.30. The molecule has 0 bridgehead atoms. The van der Waals surface area contributed by atoms with E-state index in [4.69, 9.17) is 0 Å². The molecule has 0 aliphatic heterocycles. The fourth-order valence-corrected chi connectivity index (χ4v) is 2.84. The number of halogens is 3. The Bertz CT molecular complexity index is 821. The van der Waals surface area contributed by atoms with Gasteiger partial charge in [0.05, 0.1) is 5.56 Å². The van der Waals surface area contributed by atoms with Crippen molar-refractivity contribution >= 4 is 17.1 Å². The standard InChI is InChI=1S/C21H18F3N/c1-15-7-3-5-9-19(15)25(20-10-6-4-8-16(20)2)18-13-11-17(12-14-18)21(22,23)24/h3-14H,1-2H3. The summed E-state index contributed by atoms with van der Waals surface area (Å²) in [6, 6.07) is 21.0. The molecule has 0 saturated carbocycles. The quantitative estimate of drug-likeness (QED) is 0.507. The van der Waals surface area contributed by atoms with Gasteiger partial charge in [-0.2, -0.15) is 13.2 Å². The Morgan fingerprint density at radius 2 is 1.08 bits per heavy atom. The summed E-state index contributed by atoms with van der Waals surface area (Å²) in [6.45, 7) is 3.98. The molecule has 0 saturated heterocycles. The minimum absolute atomic E-state index is 0.647. The number of hydrogen-bond donors (Lipinski definition) is 0. The third kappa shape index (κ3) is 3.53. The Morgan fingerprint density at radius 1 is 0.640 bits per heavy atom. The van der Waals surface area contributed by atoms with Gasteiger partial charge in [-0.25, -0.2) is 0 Å². The number of rotatable bonds is 3. The van der Waals surface area contributed by atoms with Gasteiger partial charge in [0.1, 0.15) is 0 Å². The van der Waals surface area contributed by atoms with E-state index in [1.165, 1.54) is 12.1 Å². The molecule has 3 rings (SSSR count). The maximum atomic E-state index is 12.9. The first-order chi connectivity index (χ1) is 11.9. The number of nitrogens with zero attached hydrogens (tertiary/aromatic N) is 1. The summed E-state index contributed by atoms with van der Waals surface area (Å²) >= 11 is 0. The summed E-state index contributed by atoms with van der Waals surface area (Å²) in [5.74, 6) is 0. The van der Waals surface area contributed by atoms with Crippen LogP contribution in [0.3, 0.4) is 0 Å². The summed E-state index contributed by atoms with van der Waals surface area (Å²) in [6.07, 6.45) is -4.34. The zero-order valence-corrected chi connectivity index (χ0v) is 14.0. The van der Waals surface area contributed by atoms with Crippen molar-refractivity contribution in [1.82, 2.24) is 0 Å². The van der Waals surface area contributed by atoms with Crippen LogP contribution in [-0.4, -0.2) is 0 Å². The van der Waals surface area contributed by atoms with Gasteiger partial charge in [0.2, 0.25) is 0 Å². The van der Waals surface area contributed by atoms with Crippen LogP contribution in [0.4, 0.5) is 30.2 Å². The van der Waals surface area contributed by atoms with Gasteiger partial charge in [-0.3, -0.25) is 0 Å². The Morgan fingerprint density at radius 3 is 1.48 bits per heavy atom. The van der Waals surface area contributed by atoms with E-state index < -0.39 is 11.7 Å². The van der Waals surface area contributed by atoms with Gasteiger partial charge < -0.3 is 4.90 Å². The Kier molecular flexibility index (Phi) is 4.53. The first-order valence-electron chi connectivity index (χ1n) is 7.96. The SMILES string of the molecule is Cc1ccccc1N(c1ccc(C(F)(F)F)cc1)c1ccccc1C. The lowest BCUT2D eigenvalue weighted by Gasteiger charge is -2.28. The van der Waals surface area contributed by atoms with Crippen molar-refractivity contribution in [2.45, 2.75) is 20.0 Å². The smallest absolute Gasteiger partial charge is 0.310 e. The molecule has 0 heterocycles. The number of benzene rings is 3. The monoisotopic (exact) mass is 341 g/mol. The first-order valence-corrected chi connectivity index (χ1v) is 7.96. The lowest BCUT2D eigenvalue weighted by Crippen LogP contribution is -2.13. The van der Waals surface area contributed by atoms with Crippen molar-refractivity contribution < 1.29 is 13.2 Å². The zero-order valence-electron chi connectivity index (χ0n) is 14.0. The van der Waals surface area contributed by atoms with Gasteiger partial charge in [-0.05, 0) is 61.4 Å². The van der Waals surface area contributed by atoms with Gasteiger partial charge >= 0.3 is 6.18 Å². The molecular weight excluding hydrogens is 323 g/mol. The van der Waals surface area contributed by atoms with Crippen LogP contribution >= 0.6 is 0 Å². The highest BCUT2D eigenvalue weighted by atomic mass is 19.4.